The normalized spacial score (nSPS) is 21.3. The predicted molar refractivity (Wildman–Crippen MR) is 121 cm³/mol. The SMILES string of the molecule is Cc1ccc(-c2nc(C)sc2CC(=O)N2CC[C@@H]3CNC[C@@H]3CC2)cc1.Cl.Cl. The zero-order valence-corrected chi connectivity index (χ0v) is 18.9. The van der Waals surface area contributed by atoms with Gasteiger partial charge in [-0.1, -0.05) is 29.8 Å². The summed E-state index contributed by atoms with van der Waals surface area (Å²) in [6.07, 6.45) is 2.74. The molecule has 0 unspecified atom stereocenters. The Bertz CT molecular complexity index is 779. The number of rotatable bonds is 3. The largest absolute Gasteiger partial charge is 0.342 e. The monoisotopic (exact) mass is 441 g/mol. The molecule has 1 amide bonds. The van der Waals surface area contributed by atoms with Crippen LogP contribution in [0.15, 0.2) is 24.3 Å². The number of carbonyl (C=O) groups is 1. The molecule has 0 spiro atoms. The summed E-state index contributed by atoms with van der Waals surface area (Å²) in [6, 6.07) is 8.43. The zero-order chi connectivity index (χ0) is 18.1. The number of fused-ring (bicyclic) bond motifs is 1. The zero-order valence-electron chi connectivity index (χ0n) is 16.4. The number of hydrogen-bond donors (Lipinski definition) is 1. The molecule has 28 heavy (non-hydrogen) atoms. The van der Waals surface area contributed by atoms with Crippen LogP contribution < -0.4 is 5.32 Å². The number of nitrogens with one attached hydrogen (secondary N) is 1. The van der Waals surface area contributed by atoms with Crippen LogP contribution in [0.25, 0.3) is 11.3 Å². The van der Waals surface area contributed by atoms with Gasteiger partial charge in [-0.25, -0.2) is 4.98 Å². The Kier molecular flexibility index (Phi) is 8.31. The Hall–Kier alpha value is -1.14. The quantitative estimate of drug-likeness (QED) is 0.772. The third-order valence-electron chi connectivity index (χ3n) is 5.81. The van der Waals surface area contributed by atoms with Gasteiger partial charge in [-0.3, -0.25) is 4.79 Å². The van der Waals surface area contributed by atoms with Gasteiger partial charge in [-0.2, -0.15) is 0 Å². The molecule has 4 rings (SSSR count). The number of aryl methyl sites for hydroxylation is 2. The summed E-state index contributed by atoms with van der Waals surface area (Å²) >= 11 is 1.66. The third kappa shape index (κ3) is 5.07. The van der Waals surface area contributed by atoms with Gasteiger partial charge < -0.3 is 10.2 Å². The van der Waals surface area contributed by atoms with Gasteiger partial charge in [0.2, 0.25) is 5.91 Å². The van der Waals surface area contributed by atoms with Gasteiger partial charge in [-0.15, -0.1) is 36.2 Å². The van der Waals surface area contributed by atoms with E-state index in [1.807, 2.05) is 6.92 Å². The van der Waals surface area contributed by atoms with Crippen LogP contribution in [-0.4, -0.2) is 42.0 Å². The lowest BCUT2D eigenvalue weighted by atomic mass is 9.92. The molecule has 1 N–H and O–H groups in total. The van der Waals surface area contributed by atoms with Crippen molar-refractivity contribution in [3.8, 4) is 11.3 Å². The van der Waals surface area contributed by atoms with Crippen LogP contribution in [0.3, 0.4) is 0 Å². The highest BCUT2D eigenvalue weighted by atomic mass is 35.5. The van der Waals surface area contributed by atoms with Crippen LogP contribution >= 0.6 is 36.2 Å². The minimum atomic E-state index is 0. The first-order valence-electron chi connectivity index (χ1n) is 9.62. The highest BCUT2D eigenvalue weighted by Gasteiger charge is 2.31. The first-order valence-corrected chi connectivity index (χ1v) is 10.4. The van der Waals surface area contributed by atoms with E-state index in [4.69, 9.17) is 4.98 Å². The maximum absolute atomic E-state index is 13.0. The molecule has 1 aromatic carbocycles. The van der Waals surface area contributed by atoms with Crippen molar-refractivity contribution >= 4 is 42.1 Å². The molecule has 2 aliphatic rings. The smallest absolute Gasteiger partial charge is 0.227 e. The van der Waals surface area contributed by atoms with Crippen molar-refractivity contribution in [1.29, 1.82) is 0 Å². The first-order chi connectivity index (χ1) is 12.6. The number of hydrogen-bond acceptors (Lipinski definition) is 4. The van der Waals surface area contributed by atoms with E-state index in [1.165, 1.54) is 5.56 Å². The summed E-state index contributed by atoms with van der Waals surface area (Å²) in [5.41, 5.74) is 3.33. The standard InChI is InChI=1S/C21H27N3OS.2ClH/c1-14-3-5-16(6-4-14)21-19(26-15(2)23-21)11-20(25)24-9-7-17-12-22-13-18(17)8-10-24;;/h3-6,17-18,22H,7-13H2,1-2H3;2*1H/t17-,18+;;. The maximum atomic E-state index is 13.0. The number of thiazole rings is 1. The Morgan fingerprint density at radius 3 is 2.32 bits per heavy atom. The van der Waals surface area contributed by atoms with Crippen LogP contribution in [0.1, 0.15) is 28.3 Å². The lowest BCUT2D eigenvalue weighted by Crippen LogP contribution is -2.33. The van der Waals surface area contributed by atoms with Crippen LogP contribution in [-0.2, 0) is 11.2 Å². The summed E-state index contributed by atoms with van der Waals surface area (Å²) in [7, 11) is 0. The van der Waals surface area contributed by atoms with Crippen LogP contribution in [0, 0.1) is 25.7 Å². The van der Waals surface area contributed by atoms with E-state index in [1.54, 1.807) is 11.3 Å². The van der Waals surface area contributed by atoms with Gasteiger partial charge in [-0.05, 0) is 51.6 Å². The van der Waals surface area contributed by atoms with E-state index < -0.39 is 0 Å². The summed E-state index contributed by atoms with van der Waals surface area (Å²) in [4.78, 5) is 20.9. The number of likely N-dealkylation sites (tertiary alicyclic amines) is 1. The van der Waals surface area contributed by atoms with E-state index in [0.29, 0.717) is 6.42 Å². The van der Waals surface area contributed by atoms with Gasteiger partial charge in [0, 0.05) is 23.5 Å². The minimum absolute atomic E-state index is 0. The van der Waals surface area contributed by atoms with Crippen molar-refractivity contribution in [2.75, 3.05) is 26.2 Å². The fraction of sp³-hybridized carbons (Fsp3) is 0.524. The molecule has 0 radical (unpaired) electrons. The van der Waals surface area contributed by atoms with Crippen molar-refractivity contribution in [2.24, 2.45) is 11.8 Å². The van der Waals surface area contributed by atoms with Crippen molar-refractivity contribution < 1.29 is 4.79 Å². The molecule has 4 nitrogen and oxygen atoms in total. The molecule has 0 saturated carbocycles. The summed E-state index contributed by atoms with van der Waals surface area (Å²) in [6.45, 7) is 8.16. The maximum Gasteiger partial charge on any atom is 0.227 e. The fourth-order valence-electron chi connectivity index (χ4n) is 4.24. The fourth-order valence-corrected chi connectivity index (χ4v) is 5.19. The highest BCUT2D eigenvalue weighted by molar-refractivity contribution is 7.12. The Morgan fingerprint density at radius 1 is 1.11 bits per heavy atom. The molecule has 2 aliphatic heterocycles. The molecule has 0 bridgehead atoms. The number of nitrogens with zero attached hydrogens (tertiary/aromatic N) is 2. The molecular weight excluding hydrogens is 413 g/mol. The molecule has 7 heteroatoms. The highest BCUT2D eigenvalue weighted by Crippen LogP contribution is 2.31. The molecule has 3 heterocycles. The Labute approximate surface area is 183 Å². The number of benzene rings is 1. The topological polar surface area (TPSA) is 45.2 Å². The number of halogens is 2. The first kappa shape index (κ1) is 23.1. The molecular formula is C21H29Cl2N3OS. The lowest BCUT2D eigenvalue weighted by Gasteiger charge is -2.21. The number of carbonyl (C=O) groups excluding carboxylic acids is 1. The summed E-state index contributed by atoms with van der Waals surface area (Å²) < 4.78 is 0. The molecule has 2 fully saturated rings. The van der Waals surface area contributed by atoms with E-state index in [0.717, 1.165) is 72.0 Å². The average molecular weight is 442 g/mol. The predicted octanol–water partition coefficient (Wildman–Crippen LogP) is 4.27. The van der Waals surface area contributed by atoms with Gasteiger partial charge in [0.1, 0.15) is 0 Å². The third-order valence-corrected chi connectivity index (χ3v) is 6.78. The van der Waals surface area contributed by atoms with E-state index in [2.05, 4.69) is 41.4 Å². The second-order valence-electron chi connectivity index (χ2n) is 7.68. The van der Waals surface area contributed by atoms with Crippen molar-refractivity contribution in [3.63, 3.8) is 0 Å². The van der Waals surface area contributed by atoms with E-state index in [-0.39, 0.29) is 30.7 Å². The molecule has 2 saturated heterocycles. The molecule has 2 aromatic rings. The number of amides is 1. The second-order valence-corrected chi connectivity index (χ2v) is 8.97. The number of aromatic nitrogens is 1. The Balaban J connectivity index is 0.00000140. The van der Waals surface area contributed by atoms with Crippen molar-refractivity contribution in [1.82, 2.24) is 15.2 Å². The van der Waals surface area contributed by atoms with Crippen molar-refractivity contribution in [2.45, 2.75) is 33.1 Å². The van der Waals surface area contributed by atoms with Crippen LogP contribution in [0.2, 0.25) is 0 Å². The van der Waals surface area contributed by atoms with Gasteiger partial charge in [0.25, 0.3) is 0 Å². The molecule has 2 atom stereocenters. The minimum Gasteiger partial charge on any atom is -0.342 e. The van der Waals surface area contributed by atoms with Gasteiger partial charge in [0.15, 0.2) is 0 Å². The van der Waals surface area contributed by atoms with Crippen LogP contribution in [0.4, 0.5) is 0 Å². The van der Waals surface area contributed by atoms with Crippen molar-refractivity contribution in [3.05, 3.63) is 39.7 Å². The summed E-state index contributed by atoms with van der Waals surface area (Å²) in [5, 5.41) is 4.53. The molecule has 154 valence electrons. The van der Waals surface area contributed by atoms with Gasteiger partial charge >= 0.3 is 0 Å². The second kappa shape index (κ2) is 10.1. The van der Waals surface area contributed by atoms with E-state index in [9.17, 15) is 4.79 Å². The average Bonchev–Trinajstić information content (AvgIpc) is 3.16. The molecule has 1 aromatic heterocycles. The molecule has 0 aliphatic carbocycles. The Morgan fingerprint density at radius 2 is 1.71 bits per heavy atom. The summed E-state index contributed by atoms with van der Waals surface area (Å²) in [5.74, 6) is 1.76. The van der Waals surface area contributed by atoms with Gasteiger partial charge in [0.05, 0.1) is 17.1 Å². The lowest BCUT2D eigenvalue weighted by molar-refractivity contribution is -0.130. The van der Waals surface area contributed by atoms with E-state index >= 15 is 0 Å². The van der Waals surface area contributed by atoms with Crippen LogP contribution in [0.5, 0.6) is 0 Å².